The van der Waals surface area contributed by atoms with Gasteiger partial charge in [0.1, 0.15) is 6.10 Å². The first-order chi connectivity index (χ1) is 5.57. The molecule has 1 rings (SSSR count). The Morgan fingerprint density at radius 1 is 1.33 bits per heavy atom. The molecule has 5 atom stereocenters. The predicted molar refractivity (Wildman–Crippen MR) is 51.2 cm³/mol. The first-order valence-corrected chi connectivity index (χ1v) is 5.01. The SMILES string of the molecule is CO[C@H]1O[C@H](C)[C@@H](O)[C@H](I)[C@H]1O. The van der Waals surface area contributed by atoms with Crippen LogP contribution in [0, 0.1) is 0 Å². The predicted octanol–water partition coefficient (Wildman–Crippen LogP) is -0.0970. The lowest BCUT2D eigenvalue weighted by atomic mass is 10.0. The first kappa shape index (κ1) is 10.6. The number of rotatable bonds is 1. The van der Waals surface area contributed by atoms with E-state index in [0.717, 1.165) is 0 Å². The summed E-state index contributed by atoms with van der Waals surface area (Å²) in [6.45, 7) is 1.76. The van der Waals surface area contributed by atoms with Crippen molar-refractivity contribution in [2.75, 3.05) is 7.11 Å². The molecule has 1 heterocycles. The molecule has 12 heavy (non-hydrogen) atoms. The molecule has 1 saturated heterocycles. The van der Waals surface area contributed by atoms with Gasteiger partial charge in [-0.2, -0.15) is 0 Å². The lowest BCUT2D eigenvalue weighted by molar-refractivity contribution is -0.246. The largest absolute Gasteiger partial charge is 0.389 e. The van der Waals surface area contributed by atoms with Crippen LogP contribution in [0.2, 0.25) is 0 Å². The molecule has 1 fully saturated rings. The maximum atomic E-state index is 9.51. The van der Waals surface area contributed by atoms with Gasteiger partial charge >= 0.3 is 0 Å². The molecule has 0 radical (unpaired) electrons. The second-order valence-electron chi connectivity index (χ2n) is 2.87. The third kappa shape index (κ3) is 1.90. The molecule has 1 aliphatic rings. The Hall–Kier alpha value is 0.570. The van der Waals surface area contributed by atoms with Crippen LogP contribution in [-0.2, 0) is 9.47 Å². The Morgan fingerprint density at radius 3 is 2.42 bits per heavy atom. The number of aliphatic hydroxyl groups is 2. The van der Waals surface area contributed by atoms with Gasteiger partial charge in [0.25, 0.3) is 0 Å². The van der Waals surface area contributed by atoms with E-state index in [4.69, 9.17) is 9.47 Å². The van der Waals surface area contributed by atoms with E-state index in [1.807, 2.05) is 22.6 Å². The summed E-state index contributed by atoms with van der Waals surface area (Å²) >= 11 is 2.00. The lowest BCUT2D eigenvalue weighted by Gasteiger charge is -2.38. The fourth-order valence-corrected chi connectivity index (χ4v) is 2.10. The summed E-state index contributed by atoms with van der Waals surface area (Å²) in [6.07, 6.45) is -2.31. The molecule has 5 heteroatoms. The molecule has 0 saturated carbocycles. The van der Waals surface area contributed by atoms with Crippen LogP contribution < -0.4 is 0 Å². The lowest BCUT2D eigenvalue weighted by Crippen LogP contribution is -2.54. The fourth-order valence-electron chi connectivity index (χ4n) is 1.18. The molecular formula is C7H13IO4. The van der Waals surface area contributed by atoms with Crippen molar-refractivity contribution in [3.05, 3.63) is 0 Å². The van der Waals surface area contributed by atoms with Crippen LogP contribution in [0.5, 0.6) is 0 Å². The van der Waals surface area contributed by atoms with Crippen LogP contribution in [0.4, 0.5) is 0 Å². The smallest absolute Gasteiger partial charge is 0.184 e. The van der Waals surface area contributed by atoms with Crippen molar-refractivity contribution in [3.63, 3.8) is 0 Å². The Bertz CT molecular complexity index is 150. The van der Waals surface area contributed by atoms with Crippen molar-refractivity contribution in [2.24, 2.45) is 0 Å². The Balaban J connectivity index is 2.63. The molecule has 72 valence electrons. The monoisotopic (exact) mass is 288 g/mol. The third-order valence-electron chi connectivity index (χ3n) is 1.99. The van der Waals surface area contributed by atoms with Crippen molar-refractivity contribution in [1.29, 1.82) is 0 Å². The number of methoxy groups -OCH3 is 1. The van der Waals surface area contributed by atoms with E-state index < -0.39 is 18.5 Å². The summed E-state index contributed by atoms with van der Waals surface area (Å²) in [5.74, 6) is 0. The molecule has 1 aliphatic heterocycles. The van der Waals surface area contributed by atoms with Gasteiger partial charge in [0.05, 0.1) is 16.1 Å². The quantitative estimate of drug-likeness (QED) is 0.523. The van der Waals surface area contributed by atoms with E-state index in [1.165, 1.54) is 7.11 Å². The highest BCUT2D eigenvalue weighted by molar-refractivity contribution is 14.1. The highest BCUT2D eigenvalue weighted by Crippen LogP contribution is 2.26. The maximum Gasteiger partial charge on any atom is 0.184 e. The zero-order valence-corrected chi connectivity index (χ0v) is 9.13. The van der Waals surface area contributed by atoms with Gasteiger partial charge < -0.3 is 19.7 Å². The Kier molecular flexibility index (Phi) is 3.72. The number of halogens is 1. The van der Waals surface area contributed by atoms with Crippen molar-refractivity contribution >= 4 is 22.6 Å². The first-order valence-electron chi connectivity index (χ1n) is 3.76. The Labute approximate surface area is 85.0 Å². The molecule has 2 N–H and O–H groups in total. The number of aliphatic hydroxyl groups excluding tert-OH is 2. The molecule has 0 aromatic carbocycles. The van der Waals surface area contributed by atoms with Crippen LogP contribution in [0.1, 0.15) is 6.92 Å². The van der Waals surface area contributed by atoms with Crippen LogP contribution in [0.15, 0.2) is 0 Å². The minimum absolute atomic E-state index is 0.240. The zero-order valence-electron chi connectivity index (χ0n) is 6.98. The van der Waals surface area contributed by atoms with Crippen LogP contribution in [-0.4, -0.2) is 45.8 Å². The molecule has 0 bridgehead atoms. The van der Waals surface area contributed by atoms with E-state index in [-0.39, 0.29) is 10.0 Å². The highest BCUT2D eigenvalue weighted by atomic mass is 127. The highest BCUT2D eigenvalue weighted by Gasteiger charge is 2.41. The fraction of sp³-hybridized carbons (Fsp3) is 1.00. The number of hydrogen-bond donors (Lipinski definition) is 2. The maximum absolute atomic E-state index is 9.51. The topological polar surface area (TPSA) is 58.9 Å². The van der Waals surface area contributed by atoms with Crippen LogP contribution in [0.25, 0.3) is 0 Å². The molecule has 0 spiro atoms. The molecule has 0 unspecified atom stereocenters. The number of alkyl halides is 1. The van der Waals surface area contributed by atoms with Gasteiger partial charge in [-0.25, -0.2) is 0 Å². The van der Waals surface area contributed by atoms with Gasteiger partial charge in [0.15, 0.2) is 6.29 Å². The van der Waals surface area contributed by atoms with Gasteiger partial charge in [-0.05, 0) is 6.92 Å². The van der Waals surface area contributed by atoms with E-state index in [1.54, 1.807) is 6.92 Å². The van der Waals surface area contributed by atoms with Crippen molar-refractivity contribution in [3.8, 4) is 0 Å². The van der Waals surface area contributed by atoms with Crippen LogP contribution in [0.3, 0.4) is 0 Å². The van der Waals surface area contributed by atoms with Gasteiger partial charge in [-0.15, -0.1) is 0 Å². The Morgan fingerprint density at radius 2 is 1.92 bits per heavy atom. The second-order valence-corrected chi connectivity index (χ2v) is 4.31. The molecule has 4 nitrogen and oxygen atoms in total. The van der Waals surface area contributed by atoms with Gasteiger partial charge in [0.2, 0.25) is 0 Å². The minimum atomic E-state index is -0.762. The average molecular weight is 288 g/mol. The minimum Gasteiger partial charge on any atom is -0.389 e. The zero-order chi connectivity index (χ0) is 9.30. The van der Waals surface area contributed by atoms with Crippen LogP contribution >= 0.6 is 22.6 Å². The number of hydrogen-bond acceptors (Lipinski definition) is 4. The molecule has 0 amide bonds. The summed E-state index contributed by atoms with van der Waals surface area (Å²) < 4.78 is 9.87. The second kappa shape index (κ2) is 4.19. The van der Waals surface area contributed by atoms with Crippen molar-refractivity contribution in [2.45, 2.75) is 35.5 Å². The van der Waals surface area contributed by atoms with Crippen molar-refractivity contribution in [1.82, 2.24) is 0 Å². The summed E-state index contributed by atoms with van der Waals surface area (Å²) in [7, 11) is 1.47. The molecule has 0 aromatic heterocycles. The summed E-state index contributed by atoms with van der Waals surface area (Å²) in [4.78, 5) is 0. The van der Waals surface area contributed by atoms with Crippen molar-refractivity contribution < 1.29 is 19.7 Å². The van der Waals surface area contributed by atoms with E-state index in [2.05, 4.69) is 0 Å². The standard InChI is InChI=1S/C7H13IO4/c1-3-5(9)4(8)6(10)7(11-2)12-3/h3-7,9-10H,1-2H3/t3-,4+,5-,6-,7+/m1/s1. The van der Waals surface area contributed by atoms with Gasteiger partial charge in [-0.3, -0.25) is 0 Å². The van der Waals surface area contributed by atoms with E-state index in [9.17, 15) is 10.2 Å². The third-order valence-corrected chi connectivity index (χ3v) is 3.47. The molecule has 0 aromatic rings. The summed E-state index contributed by atoms with van der Waals surface area (Å²) in [5, 5.41) is 19.0. The van der Waals surface area contributed by atoms with E-state index in [0.29, 0.717) is 0 Å². The number of ether oxygens (including phenoxy) is 2. The molecule has 0 aliphatic carbocycles. The van der Waals surface area contributed by atoms with Gasteiger partial charge in [0, 0.05) is 7.11 Å². The molecular weight excluding hydrogens is 275 g/mol. The van der Waals surface area contributed by atoms with Gasteiger partial charge in [-0.1, -0.05) is 22.6 Å². The average Bonchev–Trinajstić information content (AvgIpc) is 2.08. The van der Waals surface area contributed by atoms with E-state index >= 15 is 0 Å². The normalized spacial score (nSPS) is 49.2. The summed E-state index contributed by atoms with van der Waals surface area (Å²) in [6, 6.07) is 0. The summed E-state index contributed by atoms with van der Waals surface area (Å²) in [5.41, 5.74) is 0.